The van der Waals surface area contributed by atoms with E-state index < -0.39 is 36.1 Å². The van der Waals surface area contributed by atoms with E-state index in [1.807, 2.05) is 6.08 Å². The van der Waals surface area contributed by atoms with Gasteiger partial charge in [0, 0.05) is 16.7 Å². The molecule has 170 valence electrons. The fraction of sp³-hybridized carbons (Fsp3) is 0.760. The summed E-state index contributed by atoms with van der Waals surface area (Å²) in [5, 5.41) is 21.4. The molecule has 31 heavy (non-hydrogen) atoms. The molecule has 0 radical (unpaired) electrons. The number of allylic oxidation sites excluding steroid dienone is 4. The Morgan fingerprint density at radius 2 is 2.10 bits per heavy atom. The number of hydrogen-bond donors (Lipinski definition) is 2. The number of rotatable bonds is 4. The zero-order valence-corrected chi connectivity index (χ0v) is 18.7. The van der Waals surface area contributed by atoms with Crippen LogP contribution in [-0.4, -0.2) is 52.5 Å². The highest BCUT2D eigenvalue weighted by molar-refractivity contribution is 6.01. The molecule has 7 unspecified atom stereocenters. The van der Waals surface area contributed by atoms with E-state index in [9.17, 15) is 19.8 Å². The standard InChI is InChI=1S/C25H34O6/c1-4-5-21-30-20-11-17-16-7-6-14-10-15(27)8-9-23(14,2)22(16)18(28)12-24(17,3)25(20,31-21)19(29)13-26/h8-10,16-18,20-22,26,28H,4-7,11-13H2,1-3H3/t16?,17?,18-,20?,21?,22?,23?,24?,25+/m0/s1. The molecule has 0 bridgehead atoms. The summed E-state index contributed by atoms with van der Waals surface area (Å²) in [5.74, 6) is 0.0274. The predicted molar refractivity (Wildman–Crippen MR) is 113 cm³/mol. The highest BCUT2D eigenvalue weighted by Gasteiger charge is 2.75. The van der Waals surface area contributed by atoms with Crippen LogP contribution in [0, 0.1) is 28.6 Å². The molecule has 5 aliphatic rings. The van der Waals surface area contributed by atoms with Crippen molar-refractivity contribution < 1.29 is 29.3 Å². The molecule has 9 atom stereocenters. The summed E-state index contributed by atoms with van der Waals surface area (Å²) >= 11 is 0. The second-order valence-corrected chi connectivity index (χ2v) is 10.7. The lowest BCUT2D eigenvalue weighted by atomic mass is 9.46. The van der Waals surface area contributed by atoms with Gasteiger partial charge in [-0.25, -0.2) is 0 Å². The molecule has 5 rings (SSSR count). The molecule has 1 saturated heterocycles. The Morgan fingerprint density at radius 3 is 2.81 bits per heavy atom. The fourth-order valence-corrected chi connectivity index (χ4v) is 8.12. The molecule has 1 heterocycles. The number of fused-ring (bicyclic) bond motifs is 7. The van der Waals surface area contributed by atoms with E-state index in [1.54, 1.807) is 12.2 Å². The quantitative estimate of drug-likeness (QED) is 0.712. The average Bonchev–Trinajstić information content (AvgIpc) is 3.20. The molecule has 4 aliphatic carbocycles. The van der Waals surface area contributed by atoms with Crippen LogP contribution < -0.4 is 0 Å². The van der Waals surface area contributed by atoms with Gasteiger partial charge < -0.3 is 19.7 Å². The number of Topliss-reactive ketones (excluding diaryl/α,β-unsaturated/α-hetero) is 1. The zero-order chi connectivity index (χ0) is 22.2. The number of ether oxygens (including phenoxy) is 2. The van der Waals surface area contributed by atoms with Crippen LogP contribution in [0.5, 0.6) is 0 Å². The molecule has 0 spiro atoms. The van der Waals surface area contributed by atoms with E-state index in [4.69, 9.17) is 9.47 Å². The van der Waals surface area contributed by atoms with Gasteiger partial charge in [-0.15, -0.1) is 0 Å². The summed E-state index contributed by atoms with van der Waals surface area (Å²) in [6.45, 7) is 5.67. The van der Waals surface area contributed by atoms with Gasteiger partial charge in [0.1, 0.15) is 6.61 Å². The lowest BCUT2D eigenvalue weighted by molar-refractivity contribution is -0.200. The van der Waals surface area contributed by atoms with Crippen LogP contribution >= 0.6 is 0 Å². The molecule has 0 amide bonds. The van der Waals surface area contributed by atoms with Gasteiger partial charge in [-0.1, -0.05) is 38.8 Å². The Labute approximate surface area is 183 Å². The van der Waals surface area contributed by atoms with Crippen LogP contribution in [0.2, 0.25) is 0 Å². The number of ketones is 2. The van der Waals surface area contributed by atoms with Crippen LogP contribution in [0.1, 0.15) is 59.3 Å². The van der Waals surface area contributed by atoms with Crippen LogP contribution in [0.4, 0.5) is 0 Å². The summed E-state index contributed by atoms with van der Waals surface area (Å²) < 4.78 is 12.7. The van der Waals surface area contributed by atoms with Crippen LogP contribution in [0.15, 0.2) is 23.8 Å². The van der Waals surface area contributed by atoms with Crippen molar-refractivity contribution >= 4 is 11.6 Å². The summed E-state index contributed by atoms with van der Waals surface area (Å²) in [7, 11) is 0. The molecule has 3 saturated carbocycles. The van der Waals surface area contributed by atoms with Gasteiger partial charge in [-0.3, -0.25) is 9.59 Å². The number of aliphatic hydroxyl groups is 2. The SMILES string of the molecule is CCCC1OC2CC3C4CCC5=CC(=O)C=CC5(C)C4[C@@H](O)CC3(C)[C@]2(C(=O)CO)O1. The van der Waals surface area contributed by atoms with Crippen molar-refractivity contribution in [3.63, 3.8) is 0 Å². The topological polar surface area (TPSA) is 93.1 Å². The lowest BCUT2D eigenvalue weighted by Gasteiger charge is -2.59. The third-order valence-electron chi connectivity index (χ3n) is 9.37. The van der Waals surface area contributed by atoms with Gasteiger partial charge in [-0.2, -0.15) is 0 Å². The van der Waals surface area contributed by atoms with E-state index in [-0.39, 0.29) is 34.7 Å². The van der Waals surface area contributed by atoms with Crippen molar-refractivity contribution in [2.45, 2.75) is 83.4 Å². The molecule has 0 aromatic heterocycles. The van der Waals surface area contributed by atoms with Gasteiger partial charge in [0.2, 0.25) is 0 Å². The second kappa shape index (κ2) is 7.08. The Morgan fingerprint density at radius 1 is 1.32 bits per heavy atom. The number of aliphatic hydroxyl groups excluding tert-OH is 2. The van der Waals surface area contributed by atoms with E-state index >= 15 is 0 Å². The Balaban J connectivity index is 1.55. The maximum atomic E-state index is 13.2. The number of hydrogen-bond acceptors (Lipinski definition) is 6. The van der Waals surface area contributed by atoms with Gasteiger partial charge in [0.25, 0.3) is 0 Å². The Hall–Kier alpha value is -1.34. The maximum Gasteiger partial charge on any atom is 0.193 e. The van der Waals surface area contributed by atoms with Crippen molar-refractivity contribution in [3.05, 3.63) is 23.8 Å². The third kappa shape index (κ3) is 2.65. The highest BCUT2D eigenvalue weighted by Crippen LogP contribution is 2.69. The van der Waals surface area contributed by atoms with E-state index in [0.717, 1.165) is 24.8 Å². The molecule has 1 aliphatic heterocycles. The first kappa shape index (κ1) is 21.5. The average molecular weight is 431 g/mol. The van der Waals surface area contributed by atoms with Crippen LogP contribution in [-0.2, 0) is 19.1 Å². The van der Waals surface area contributed by atoms with Crippen molar-refractivity contribution in [2.24, 2.45) is 28.6 Å². The highest BCUT2D eigenvalue weighted by atomic mass is 16.7. The Bertz CT molecular complexity index is 862. The molecule has 6 nitrogen and oxygen atoms in total. The third-order valence-corrected chi connectivity index (χ3v) is 9.37. The van der Waals surface area contributed by atoms with Gasteiger partial charge in [0.05, 0.1) is 12.2 Å². The van der Waals surface area contributed by atoms with Crippen molar-refractivity contribution in [1.82, 2.24) is 0 Å². The first-order valence-electron chi connectivity index (χ1n) is 11.8. The number of carbonyl (C=O) groups is 2. The Kier molecular flexibility index (Phi) is 4.91. The summed E-state index contributed by atoms with van der Waals surface area (Å²) in [5.41, 5.74) is -1.05. The van der Waals surface area contributed by atoms with Gasteiger partial charge in [0.15, 0.2) is 23.5 Å². The maximum absolute atomic E-state index is 13.2. The fourth-order valence-electron chi connectivity index (χ4n) is 8.12. The molecule has 2 N–H and O–H groups in total. The largest absolute Gasteiger partial charge is 0.393 e. The predicted octanol–water partition coefficient (Wildman–Crippen LogP) is 2.72. The first-order valence-corrected chi connectivity index (χ1v) is 11.8. The molecular formula is C25H34O6. The van der Waals surface area contributed by atoms with Gasteiger partial charge >= 0.3 is 0 Å². The smallest absolute Gasteiger partial charge is 0.193 e. The molecule has 0 aromatic rings. The van der Waals surface area contributed by atoms with Crippen LogP contribution in [0.3, 0.4) is 0 Å². The minimum absolute atomic E-state index is 0.0125. The summed E-state index contributed by atoms with van der Waals surface area (Å²) in [6, 6.07) is 0. The molecule has 0 aromatic carbocycles. The summed E-state index contributed by atoms with van der Waals surface area (Å²) in [4.78, 5) is 25.2. The number of carbonyl (C=O) groups excluding carboxylic acids is 2. The van der Waals surface area contributed by atoms with E-state index in [2.05, 4.69) is 20.8 Å². The first-order chi connectivity index (χ1) is 14.7. The van der Waals surface area contributed by atoms with Crippen molar-refractivity contribution in [3.8, 4) is 0 Å². The minimum atomic E-state index is -1.20. The van der Waals surface area contributed by atoms with E-state index in [0.29, 0.717) is 19.3 Å². The van der Waals surface area contributed by atoms with Crippen molar-refractivity contribution in [1.29, 1.82) is 0 Å². The van der Waals surface area contributed by atoms with Crippen LogP contribution in [0.25, 0.3) is 0 Å². The lowest BCUT2D eigenvalue weighted by Crippen LogP contribution is -2.63. The monoisotopic (exact) mass is 430 g/mol. The molecule has 6 heteroatoms. The molecule has 4 fully saturated rings. The van der Waals surface area contributed by atoms with Gasteiger partial charge in [-0.05, 0) is 56.1 Å². The van der Waals surface area contributed by atoms with Crippen molar-refractivity contribution in [2.75, 3.05) is 6.61 Å². The second-order valence-electron chi connectivity index (χ2n) is 10.7. The normalized spacial score (nSPS) is 50.4. The van der Waals surface area contributed by atoms with E-state index in [1.165, 1.54) is 0 Å². The summed E-state index contributed by atoms with van der Waals surface area (Å²) in [6.07, 6.45) is 8.31. The molecular weight excluding hydrogens is 396 g/mol. The zero-order valence-electron chi connectivity index (χ0n) is 18.7. The minimum Gasteiger partial charge on any atom is -0.393 e.